The summed E-state index contributed by atoms with van der Waals surface area (Å²) in [6, 6.07) is 11.4. The number of anilines is 1. The molecule has 2 rings (SSSR count). The van der Waals surface area contributed by atoms with Gasteiger partial charge in [-0.2, -0.15) is 0 Å². The molecule has 1 saturated carbocycles. The highest BCUT2D eigenvalue weighted by atomic mass is 15.1. The summed E-state index contributed by atoms with van der Waals surface area (Å²) in [6.45, 7) is 4.65. The van der Waals surface area contributed by atoms with Crippen molar-refractivity contribution in [3.63, 3.8) is 0 Å². The Morgan fingerprint density at radius 2 is 1.79 bits per heavy atom. The van der Waals surface area contributed by atoms with Crippen LogP contribution in [0.25, 0.3) is 0 Å². The Morgan fingerprint density at radius 3 is 2.47 bits per heavy atom. The van der Waals surface area contributed by atoms with E-state index in [0.29, 0.717) is 0 Å². The normalized spacial score (nSPS) is 23.3. The summed E-state index contributed by atoms with van der Waals surface area (Å²) in [5.74, 6) is 0.947. The minimum Gasteiger partial charge on any atom is -0.375 e. The number of para-hydroxylation sites is 1. The second-order valence-corrected chi connectivity index (χ2v) is 6.02. The molecule has 0 saturated heterocycles. The largest absolute Gasteiger partial charge is 0.375 e. The van der Waals surface area contributed by atoms with Gasteiger partial charge in [-0.1, -0.05) is 25.1 Å². The van der Waals surface area contributed by atoms with Crippen LogP contribution in [0.2, 0.25) is 0 Å². The smallest absolute Gasteiger partial charge is 0.0363 e. The van der Waals surface area contributed by atoms with E-state index in [1.165, 1.54) is 37.8 Å². The van der Waals surface area contributed by atoms with Crippen LogP contribution in [0.4, 0.5) is 5.69 Å². The fraction of sp³-hybridized carbons (Fsp3) is 0.647. The zero-order valence-corrected chi connectivity index (χ0v) is 12.4. The van der Waals surface area contributed by atoms with Crippen molar-refractivity contribution in [3.05, 3.63) is 30.3 Å². The number of hydrogen-bond donors (Lipinski definition) is 1. The highest BCUT2D eigenvalue weighted by Gasteiger charge is 2.17. The zero-order valence-electron chi connectivity index (χ0n) is 12.4. The maximum atomic E-state index is 3.72. The minimum absolute atomic E-state index is 0.776. The molecule has 0 heterocycles. The molecule has 0 amide bonds. The number of rotatable bonds is 6. The summed E-state index contributed by atoms with van der Waals surface area (Å²) in [6.07, 6.45) is 6.77. The third-order valence-electron chi connectivity index (χ3n) is 4.32. The molecule has 0 atom stereocenters. The third kappa shape index (κ3) is 4.87. The van der Waals surface area contributed by atoms with Gasteiger partial charge in [0, 0.05) is 25.3 Å². The van der Waals surface area contributed by atoms with Crippen LogP contribution in [-0.4, -0.2) is 26.2 Å². The molecule has 1 aliphatic carbocycles. The van der Waals surface area contributed by atoms with Crippen molar-refractivity contribution in [3.8, 4) is 0 Å². The molecule has 1 aromatic rings. The van der Waals surface area contributed by atoms with Crippen molar-refractivity contribution in [2.45, 2.75) is 45.1 Å². The molecule has 1 aliphatic rings. The predicted octanol–water partition coefficient (Wildman–Crippen LogP) is 3.68. The standard InChI is InChI=1S/C17H28N2/c1-15-9-11-16(12-10-15)18-13-6-14-19(2)17-7-4-3-5-8-17/h3-5,7-8,15-16,18H,6,9-14H2,1-2H3. The third-order valence-corrected chi connectivity index (χ3v) is 4.32. The molecule has 1 aromatic carbocycles. The van der Waals surface area contributed by atoms with E-state index in [-0.39, 0.29) is 0 Å². The van der Waals surface area contributed by atoms with E-state index in [2.05, 4.69) is 54.5 Å². The van der Waals surface area contributed by atoms with Crippen LogP contribution in [0.15, 0.2) is 30.3 Å². The molecule has 0 spiro atoms. The highest BCUT2D eigenvalue weighted by Crippen LogP contribution is 2.23. The zero-order chi connectivity index (χ0) is 13.5. The van der Waals surface area contributed by atoms with Gasteiger partial charge in [-0.05, 0) is 56.7 Å². The van der Waals surface area contributed by atoms with E-state index in [1.807, 2.05) is 0 Å². The molecule has 0 aliphatic heterocycles. The Bertz CT molecular complexity index is 342. The molecule has 0 unspecified atom stereocenters. The van der Waals surface area contributed by atoms with E-state index in [0.717, 1.165) is 25.0 Å². The topological polar surface area (TPSA) is 15.3 Å². The number of nitrogens with zero attached hydrogens (tertiary/aromatic N) is 1. The first-order valence-electron chi connectivity index (χ1n) is 7.75. The van der Waals surface area contributed by atoms with Gasteiger partial charge in [-0.3, -0.25) is 0 Å². The lowest BCUT2D eigenvalue weighted by molar-refractivity contribution is 0.307. The minimum atomic E-state index is 0.776. The van der Waals surface area contributed by atoms with Gasteiger partial charge >= 0.3 is 0 Å². The summed E-state index contributed by atoms with van der Waals surface area (Å²) in [4.78, 5) is 2.34. The van der Waals surface area contributed by atoms with Crippen molar-refractivity contribution < 1.29 is 0 Å². The lowest BCUT2D eigenvalue weighted by Gasteiger charge is -2.27. The van der Waals surface area contributed by atoms with Crippen LogP contribution >= 0.6 is 0 Å². The Hall–Kier alpha value is -1.02. The van der Waals surface area contributed by atoms with Crippen LogP contribution in [0.1, 0.15) is 39.0 Å². The average molecular weight is 260 g/mol. The van der Waals surface area contributed by atoms with E-state index < -0.39 is 0 Å². The number of hydrogen-bond acceptors (Lipinski definition) is 2. The molecule has 1 N–H and O–H groups in total. The first-order chi connectivity index (χ1) is 9.25. The summed E-state index contributed by atoms with van der Waals surface area (Å²) in [5.41, 5.74) is 1.31. The van der Waals surface area contributed by atoms with Crippen LogP contribution in [0.5, 0.6) is 0 Å². The van der Waals surface area contributed by atoms with Crippen LogP contribution in [0.3, 0.4) is 0 Å². The fourth-order valence-electron chi connectivity index (χ4n) is 2.90. The van der Waals surface area contributed by atoms with Crippen molar-refractivity contribution in [2.24, 2.45) is 5.92 Å². The quantitative estimate of drug-likeness (QED) is 0.785. The summed E-state index contributed by atoms with van der Waals surface area (Å²) >= 11 is 0. The molecule has 0 bridgehead atoms. The predicted molar refractivity (Wildman–Crippen MR) is 83.8 cm³/mol. The Morgan fingerprint density at radius 1 is 1.11 bits per heavy atom. The second kappa shape index (κ2) is 7.54. The van der Waals surface area contributed by atoms with Gasteiger partial charge in [0.1, 0.15) is 0 Å². The molecule has 19 heavy (non-hydrogen) atoms. The van der Waals surface area contributed by atoms with Crippen LogP contribution in [0, 0.1) is 5.92 Å². The van der Waals surface area contributed by atoms with Gasteiger partial charge in [0.05, 0.1) is 0 Å². The molecular weight excluding hydrogens is 232 g/mol. The first-order valence-corrected chi connectivity index (χ1v) is 7.75. The highest BCUT2D eigenvalue weighted by molar-refractivity contribution is 5.44. The lowest BCUT2D eigenvalue weighted by atomic mass is 9.87. The fourth-order valence-corrected chi connectivity index (χ4v) is 2.90. The second-order valence-electron chi connectivity index (χ2n) is 6.02. The molecule has 1 fully saturated rings. The average Bonchev–Trinajstić information content (AvgIpc) is 2.46. The maximum absolute atomic E-state index is 3.72. The lowest BCUT2D eigenvalue weighted by Crippen LogP contribution is -2.34. The summed E-state index contributed by atoms with van der Waals surface area (Å²) in [7, 11) is 2.18. The van der Waals surface area contributed by atoms with Crippen LogP contribution in [-0.2, 0) is 0 Å². The van der Waals surface area contributed by atoms with Gasteiger partial charge in [-0.15, -0.1) is 0 Å². The molecule has 106 valence electrons. The van der Waals surface area contributed by atoms with Gasteiger partial charge in [0.2, 0.25) is 0 Å². The Balaban J connectivity index is 1.59. The SMILES string of the molecule is CC1CCC(NCCCN(C)c2ccccc2)CC1. The number of benzene rings is 1. The monoisotopic (exact) mass is 260 g/mol. The van der Waals surface area contributed by atoms with Gasteiger partial charge < -0.3 is 10.2 Å². The summed E-state index contributed by atoms with van der Waals surface area (Å²) in [5, 5.41) is 3.72. The van der Waals surface area contributed by atoms with E-state index in [1.54, 1.807) is 0 Å². The molecule has 2 nitrogen and oxygen atoms in total. The Kier molecular flexibility index (Phi) is 5.71. The van der Waals surface area contributed by atoms with Gasteiger partial charge in [-0.25, -0.2) is 0 Å². The van der Waals surface area contributed by atoms with Crippen molar-refractivity contribution in [1.82, 2.24) is 5.32 Å². The number of nitrogens with one attached hydrogen (secondary N) is 1. The van der Waals surface area contributed by atoms with E-state index in [9.17, 15) is 0 Å². The van der Waals surface area contributed by atoms with Crippen molar-refractivity contribution in [2.75, 3.05) is 25.0 Å². The van der Waals surface area contributed by atoms with E-state index >= 15 is 0 Å². The maximum Gasteiger partial charge on any atom is 0.0363 e. The first kappa shape index (κ1) is 14.4. The van der Waals surface area contributed by atoms with Crippen LogP contribution < -0.4 is 10.2 Å². The molecule has 0 radical (unpaired) electrons. The van der Waals surface area contributed by atoms with Gasteiger partial charge in [0.25, 0.3) is 0 Å². The van der Waals surface area contributed by atoms with Crippen molar-refractivity contribution >= 4 is 5.69 Å². The molecular formula is C17H28N2. The summed E-state index contributed by atoms with van der Waals surface area (Å²) < 4.78 is 0. The Labute approximate surface area is 118 Å². The van der Waals surface area contributed by atoms with Crippen molar-refractivity contribution in [1.29, 1.82) is 0 Å². The molecule has 0 aromatic heterocycles. The van der Waals surface area contributed by atoms with Gasteiger partial charge in [0.15, 0.2) is 0 Å². The molecule has 2 heteroatoms. The van der Waals surface area contributed by atoms with E-state index in [4.69, 9.17) is 0 Å².